The fourth-order valence-electron chi connectivity index (χ4n) is 8.13. The van der Waals surface area contributed by atoms with E-state index in [1.807, 2.05) is 0 Å². The highest BCUT2D eigenvalue weighted by atomic mass is 15.3. The summed E-state index contributed by atoms with van der Waals surface area (Å²) in [6, 6.07) is 71.6. The van der Waals surface area contributed by atoms with E-state index in [0.717, 1.165) is 50.6 Å². The van der Waals surface area contributed by atoms with E-state index in [4.69, 9.17) is 9.98 Å². The lowest BCUT2D eigenvalue weighted by molar-refractivity contribution is 0.383. The van der Waals surface area contributed by atoms with Crippen LogP contribution < -0.4 is 0 Å². The van der Waals surface area contributed by atoms with Crippen molar-refractivity contribution in [2.45, 2.75) is 6.17 Å². The molecule has 0 bridgehead atoms. The van der Waals surface area contributed by atoms with Gasteiger partial charge in [-0.05, 0) is 95.5 Å². The molecule has 1 heterocycles. The van der Waals surface area contributed by atoms with Crippen LogP contribution in [0.2, 0.25) is 0 Å². The van der Waals surface area contributed by atoms with E-state index in [0.29, 0.717) is 0 Å². The molecule has 1 unspecified atom stereocenters. The number of fused-ring (bicyclic) bond motifs is 6. The minimum atomic E-state index is -0.282. The summed E-state index contributed by atoms with van der Waals surface area (Å²) in [5.74, 6) is 1.60. The zero-order valence-corrected chi connectivity index (χ0v) is 30.5. The van der Waals surface area contributed by atoms with Gasteiger partial charge >= 0.3 is 0 Å². The number of amidine groups is 2. The van der Waals surface area contributed by atoms with Gasteiger partial charge in [0, 0.05) is 18.2 Å². The summed E-state index contributed by atoms with van der Waals surface area (Å²) in [6.07, 6.45) is -0.282. The molecule has 0 saturated carbocycles. The molecule has 3 nitrogen and oxygen atoms in total. The van der Waals surface area contributed by atoms with Crippen LogP contribution in [0.4, 0.5) is 0 Å². The highest BCUT2D eigenvalue weighted by Crippen LogP contribution is 2.38. The number of aliphatic imine (C=N–C) groups is 2. The van der Waals surface area contributed by atoms with E-state index in [2.05, 4.69) is 212 Å². The SMILES string of the molecule is CN1C(c2cccc(-c3ccc4c5ccccc5c5ccccc5c4c3)c2)=NC(c2cccc(-c3ccccc3)c2)=NC1c1cccc(-c2ccccc2)c1. The Kier molecular flexibility index (Phi) is 8.11. The summed E-state index contributed by atoms with van der Waals surface area (Å²) in [5, 5.41) is 7.64. The first-order valence-electron chi connectivity index (χ1n) is 18.8. The molecule has 1 aliphatic rings. The number of benzene rings is 9. The molecular formula is C52H37N3. The number of nitrogens with zero attached hydrogens (tertiary/aromatic N) is 3. The first kappa shape index (κ1) is 32.5. The Balaban J connectivity index is 1.10. The predicted octanol–water partition coefficient (Wildman–Crippen LogP) is 13.0. The summed E-state index contributed by atoms with van der Waals surface area (Å²) in [6.45, 7) is 0. The predicted molar refractivity (Wildman–Crippen MR) is 232 cm³/mol. The molecule has 0 spiro atoms. The smallest absolute Gasteiger partial charge is 0.159 e. The van der Waals surface area contributed by atoms with E-state index in [-0.39, 0.29) is 6.17 Å². The summed E-state index contributed by atoms with van der Waals surface area (Å²) >= 11 is 0. The maximum Gasteiger partial charge on any atom is 0.159 e. The monoisotopic (exact) mass is 703 g/mol. The van der Waals surface area contributed by atoms with Crippen molar-refractivity contribution in [1.82, 2.24) is 4.90 Å². The fourth-order valence-corrected chi connectivity index (χ4v) is 8.13. The Labute approximate surface area is 321 Å². The molecule has 0 radical (unpaired) electrons. The molecule has 0 fully saturated rings. The Morgan fingerprint density at radius 2 is 0.782 bits per heavy atom. The normalized spacial score (nSPS) is 14.3. The van der Waals surface area contributed by atoms with E-state index >= 15 is 0 Å². The third kappa shape index (κ3) is 5.97. The van der Waals surface area contributed by atoms with Crippen molar-refractivity contribution >= 4 is 44.0 Å². The third-order valence-corrected chi connectivity index (χ3v) is 10.9. The molecule has 1 atom stereocenters. The van der Waals surface area contributed by atoms with Crippen LogP contribution in [0.15, 0.2) is 210 Å². The summed E-state index contributed by atoms with van der Waals surface area (Å²) in [7, 11) is 2.11. The van der Waals surface area contributed by atoms with Gasteiger partial charge < -0.3 is 4.90 Å². The molecule has 10 rings (SSSR count). The molecule has 0 saturated heterocycles. The van der Waals surface area contributed by atoms with Gasteiger partial charge in [0.15, 0.2) is 12.0 Å². The van der Waals surface area contributed by atoms with Crippen LogP contribution in [0, 0.1) is 0 Å². The maximum atomic E-state index is 5.37. The van der Waals surface area contributed by atoms with Crippen molar-refractivity contribution in [1.29, 1.82) is 0 Å². The topological polar surface area (TPSA) is 28.0 Å². The lowest BCUT2D eigenvalue weighted by Gasteiger charge is -2.33. The van der Waals surface area contributed by atoms with Crippen molar-refractivity contribution < 1.29 is 0 Å². The minimum Gasteiger partial charge on any atom is -0.333 e. The quantitative estimate of drug-likeness (QED) is 0.158. The number of hydrogen-bond donors (Lipinski definition) is 0. The molecule has 55 heavy (non-hydrogen) atoms. The van der Waals surface area contributed by atoms with Gasteiger partial charge in [-0.2, -0.15) is 0 Å². The second kappa shape index (κ2) is 13.7. The van der Waals surface area contributed by atoms with Crippen LogP contribution in [-0.2, 0) is 0 Å². The van der Waals surface area contributed by atoms with Crippen LogP contribution in [-0.4, -0.2) is 23.6 Å². The fraction of sp³-hybridized carbons (Fsp3) is 0.0385. The van der Waals surface area contributed by atoms with Crippen molar-refractivity contribution in [3.8, 4) is 33.4 Å². The Bertz CT molecular complexity index is 2910. The zero-order chi connectivity index (χ0) is 36.7. The van der Waals surface area contributed by atoms with Gasteiger partial charge in [0.25, 0.3) is 0 Å². The second-order valence-corrected chi connectivity index (χ2v) is 14.2. The zero-order valence-electron chi connectivity index (χ0n) is 30.5. The van der Waals surface area contributed by atoms with Crippen LogP contribution >= 0.6 is 0 Å². The molecule has 0 aromatic heterocycles. The van der Waals surface area contributed by atoms with E-state index < -0.39 is 0 Å². The molecule has 0 aliphatic carbocycles. The van der Waals surface area contributed by atoms with Crippen LogP contribution in [0.1, 0.15) is 22.9 Å². The molecule has 9 aromatic carbocycles. The van der Waals surface area contributed by atoms with E-state index in [1.165, 1.54) is 43.4 Å². The van der Waals surface area contributed by atoms with Crippen molar-refractivity contribution in [3.05, 3.63) is 217 Å². The van der Waals surface area contributed by atoms with Crippen LogP contribution in [0.5, 0.6) is 0 Å². The summed E-state index contributed by atoms with van der Waals surface area (Å²) in [4.78, 5) is 12.9. The summed E-state index contributed by atoms with van der Waals surface area (Å²) in [5.41, 5.74) is 10.1. The molecule has 1 aliphatic heterocycles. The van der Waals surface area contributed by atoms with Gasteiger partial charge in [-0.3, -0.25) is 0 Å². The lowest BCUT2D eigenvalue weighted by atomic mass is 9.92. The summed E-state index contributed by atoms with van der Waals surface area (Å²) < 4.78 is 0. The third-order valence-electron chi connectivity index (χ3n) is 10.9. The Morgan fingerprint density at radius 3 is 1.42 bits per heavy atom. The van der Waals surface area contributed by atoms with Gasteiger partial charge in [-0.25, -0.2) is 9.98 Å². The van der Waals surface area contributed by atoms with Crippen LogP contribution in [0.25, 0.3) is 65.7 Å². The van der Waals surface area contributed by atoms with Crippen molar-refractivity contribution in [2.75, 3.05) is 7.05 Å². The van der Waals surface area contributed by atoms with Gasteiger partial charge in [0.05, 0.1) is 0 Å². The molecular weight excluding hydrogens is 667 g/mol. The van der Waals surface area contributed by atoms with E-state index in [9.17, 15) is 0 Å². The van der Waals surface area contributed by atoms with Gasteiger partial charge in [0.2, 0.25) is 0 Å². The lowest BCUT2D eigenvalue weighted by Crippen LogP contribution is -2.35. The highest BCUT2D eigenvalue weighted by molar-refractivity contribution is 6.25. The van der Waals surface area contributed by atoms with Crippen molar-refractivity contribution in [2.24, 2.45) is 9.98 Å². The Morgan fingerprint density at radius 1 is 0.345 bits per heavy atom. The maximum absolute atomic E-state index is 5.37. The average molecular weight is 704 g/mol. The minimum absolute atomic E-state index is 0.282. The molecule has 0 N–H and O–H groups in total. The molecule has 9 aromatic rings. The van der Waals surface area contributed by atoms with Gasteiger partial charge in [-0.15, -0.1) is 0 Å². The average Bonchev–Trinajstić information content (AvgIpc) is 3.27. The van der Waals surface area contributed by atoms with Gasteiger partial charge in [0.1, 0.15) is 5.84 Å². The largest absolute Gasteiger partial charge is 0.333 e. The van der Waals surface area contributed by atoms with Crippen LogP contribution in [0.3, 0.4) is 0 Å². The van der Waals surface area contributed by atoms with E-state index in [1.54, 1.807) is 0 Å². The molecule has 3 heteroatoms. The number of hydrogen-bond acceptors (Lipinski definition) is 3. The molecule has 260 valence electrons. The second-order valence-electron chi connectivity index (χ2n) is 14.2. The first-order chi connectivity index (χ1) is 27.2. The highest BCUT2D eigenvalue weighted by Gasteiger charge is 2.27. The van der Waals surface area contributed by atoms with Gasteiger partial charge in [-0.1, -0.05) is 176 Å². The molecule has 0 amide bonds. The first-order valence-corrected chi connectivity index (χ1v) is 18.8. The number of rotatable bonds is 6. The standard InChI is InChI=1S/C52H37N3/c1-55-51(42-23-13-20-38(32-42)36-17-6-3-7-18-36)53-50(41-22-12-19-37(31-41)35-15-4-2-5-16-35)54-52(55)43-24-14-21-39(33-43)40-29-30-48-46-27-9-8-25-44(46)45-26-10-11-28-47(45)49(48)34-40/h2-34,51H,1H3. The Hall–Kier alpha value is -7.10. The van der Waals surface area contributed by atoms with Crippen molar-refractivity contribution in [3.63, 3.8) is 0 Å².